The number of aliphatic hydroxyl groups is 2. The number of nitriles is 1. The molecule has 3 heterocycles. The number of aliphatic hydroxyl groups excluding tert-OH is 1. The van der Waals surface area contributed by atoms with Gasteiger partial charge in [-0.3, -0.25) is 4.98 Å². The van der Waals surface area contributed by atoms with Gasteiger partial charge >= 0.3 is 0 Å². The number of hydrogen-bond acceptors (Lipinski definition) is 8. The molecule has 37 heavy (non-hydrogen) atoms. The predicted molar refractivity (Wildman–Crippen MR) is 134 cm³/mol. The van der Waals surface area contributed by atoms with Crippen molar-refractivity contribution in [2.75, 3.05) is 33.5 Å². The van der Waals surface area contributed by atoms with Gasteiger partial charge in [0.15, 0.2) is 5.60 Å². The number of fused-ring (bicyclic) bond motifs is 3. The van der Waals surface area contributed by atoms with Crippen LogP contribution in [0, 0.1) is 23.2 Å². The van der Waals surface area contributed by atoms with Gasteiger partial charge in [-0.15, -0.1) is 0 Å². The molecule has 1 saturated heterocycles. The zero-order chi connectivity index (χ0) is 25.6. The molecule has 3 aliphatic rings. The zero-order valence-electron chi connectivity index (χ0n) is 20.5. The molecule has 2 aliphatic heterocycles. The molecule has 0 bridgehead atoms. The van der Waals surface area contributed by atoms with Crippen LogP contribution in [0.1, 0.15) is 28.2 Å². The average Bonchev–Trinajstić information content (AvgIpc) is 3.30. The Labute approximate surface area is 215 Å². The van der Waals surface area contributed by atoms with Crippen LogP contribution >= 0.6 is 0 Å². The van der Waals surface area contributed by atoms with Crippen molar-refractivity contribution < 1.29 is 24.4 Å². The number of nitrogens with zero attached hydrogens (tertiary/aromatic N) is 2. The zero-order valence-corrected chi connectivity index (χ0v) is 20.5. The monoisotopic (exact) mass is 499 g/mol. The second-order valence-electron chi connectivity index (χ2n) is 9.99. The van der Waals surface area contributed by atoms with E-state index in [1.165, 1.54) is 0 Å². The van der Waals surface area contributed by atoms with E-state index in [0.717, 1.165) is 5.56 Å². The van der Waals surface area contributed by atoms with Gasteiger partial charge in [0.1, 0.15) is 17.1 Å². The van der Waals surface area contributed by atoms with Crippen molar-refractivity contribution in [3.63, 3.8) is 0 Å². The van der Waals surface area contributed by atoms with Crippen molar-refractivity contribution in [2.45, 2.75) is 23.2 Å². The molecule has 8 nitrogen and oxygen atoms in total. The fourth-order valence-corrected chi connectivity index (χ4v) is 6.64. The van der Waals surface area contributed by atoms with Gasteiger partial charge in [-0.25, -0.2) is 0 Å². The van der Waals surface area contributed by atoms with Crippen LogP contribution in [0.2, 0.25) is 0 Å². The lowest BCUT2D eigenvalue weighted by Gasteiger charge is -2.42. The molecule has 1 saturated carbocycles. The Morgan fingerprint density at radius 3 is 2.51 bits per heavy atom. The summed E-state index contributed by atoms with van der Waals surface area (Å²) >= 11 is 0. The first kappa shape index (κ1) is 23.9. The van der Waals surface area contributed by atoms with Crippen LogP contribution in [0.25, 0.3) is 0 Å². The normalized spacial score (nSPS) is 30.1. The SMILES string of the molecule is COc1cncc2c1[C@]1(O)[C@@H](CNC3COC3)[C@H](CO)[C@@H](c3ccccc3)[C@]1(c1ccc(C#N)cc1)O2. The van der Waals surface area contributed by atoms with E-state index in [4.69, 9.17) is 14.2 Å². The Kier molecular flexibility index (Phi) is 5.89. The highest BCUT2D eigenvalue weighted by Crippen LogP contribution is 2.71. The summed E-state index contributed by atoms with van der Waals surface area (Å²) < 4.78 is 17.9. The molecule has 0 radical (unpaired) electrons. The van der Waals surface area contributed by atoms with Crippen LogP contribution in [0.4, 0.5) is 0 Å². The minimum absolute atomic E-state index is 0.153. The average molecular weight is 500 g/mol. The van der Waals surface area contributed by atoms with E-state index < -0.39 is 23.0 Å². The molecule has 3 aromatic rings. The molecular weight excluding hydrogens is 470 g/mol. The molecule has 2 aromatic carbocycles. The van der Waals surface area contributed by atoms with Gasteiger partial charge in [0.05, 0.1) is 56.0 Å². The van der Waals surface area contributed by atoms with Gasteiger partial charge in [0, 0.05) is 30.9 Å². The number of nitrogens with one attached hydrogen (secondary N) is 1. The number of rotatable bonds is 7. The summed E-state index contributed by atoms with van der Waals surface area (Å²) in [4.78, 5) is 4.31. The Morgan fingerprint density at radius 2 is 1.89 bits per heavy atom. The lowest BCUT2D eigenvalue weighted by molar-refractivity contribution is -0.130. The maximum Gasteiger partial charge on any atom is 0.174 e. The number of benzene rings is 2. The number of ether oxygens (including phenoxy) is 3. The quantitative estimate of drug-likeness (QED) is 0.454. The van der Waals surface area contributed by atoms with E-state index in [0.29, 0.717) is 47.9 Å². The van der Waals surface area contributed by atoms with E-state index in [-0.39, 0.29) is 18.6 Å². The minimum atomic E-state index is -1.59. The van der Waals surface area contributed by atoms with Crippen molar-refractivity contribution in [3.8, 4) is 17.6 Å². The smallest absolute Gasteiger partial charge is 0.174 e. The summed E-state index contributed by atoms with van der Waals surface area (Å²) in [6, 6.07) is 19.4. The fourth-order valence-electron chi connectivity index (χ4n) is 6.64. The van der Waals surface area contributed by atoms with Crippen LogP contribution in [-0.4, -0.2) is 54.7 Å². The fraction of sp³-hybridized carbons (Fsp3) is 0.379. The van der Waals surface area contributed by atoms with Crippen molar-refractivity contribution in [1.82, 2.24) is 10.3 Å². The third-order valence-corrected chi connectivity index (χ3v) is 8.31. The largest absolute Gasteiger partial charge is 0.495 e. The number of hydrogen-bond donors (Lipinski definition) is 3. The van der Waals surface area contributed by atoms with Crippen molar-refractivity contribution in [2.24, 2.45) is 11.8 Å². The summed E-state index contributed by atoms with van der Waals surface area (Å²) in [7, 11) is 1.55. The predicted octanol–water partition coefficient (Wildman–Crippen LogP) is 2.45. The molecule has 5 atom stereocenters. The van der Waals surface area contributed by atoms with Gasteiger partial charge < -0.3 is 29.7 Å². The maximum atomic E-state index is 13.1. The van der Waals surface area contributed by atoms with Crippen molar-refractivity contribution in [3.05, 3.63) is 89.2 Å². The first-order valence-corrected chi connectivity index (χ1v) is 12.5. The number of pyridine rings is 1. The van der Waals surface area contributed by atoms with E-state index in [1.807, 2.05) is 42.5 Å². The highest BCUT2D eigenvalue weighted by Gasteiger charge is 2.76. The molecule has 6 rings (SSSR count). The molecule has 0 amide bonds. The van der Waals surface area contributed by atoms with Gasteiger partial charge in [-0.1, -0.05) is 42.5 Å². The first-order chi connectivity index (χ1) is 18.1. The Balaban J connectivity index is 1.63. The second kappa shape index (κ2) is 9.12. The second-order valence-corrected chi connectivity index (χ2v) is 9.99. The molecule has 0 spiro atoms. The van der Waals surface area contributed by atoms with Gasteiger partial charge in [-0.05, 0) is 23.3 Å². The molecule has 2 fully saturated rings. The Bertz CT molecular complexity index is 1320. The van der Waals surface area contributed by atoms with E-state index in [2.05, 4.69) is 16.4 Å². The Hall–Kier alpha value is -3.48. The number of aromatic nitrogens is 1. The van der Waals surface area contributed by atoms with Crippen LogP contribution in [0.3, 0.4) is 0 Å². The van der Waals surface area contributed by atoms with Crippen molar-refractivity contribution >= 4 is 0 Å². The van der Waals surface area contributed by atoms with Crippen molar-refractivity contribution in [1.29, 1.82) is 5.26 Å². The Morgan fingerprint density at radius 1 is 1.14 bits per heavy atom. The number of methoxy groups -OCH3 is 1. The highest BCUT2D eigenvalue weighted by molar-refractivity contribution is 5.59. The molecule has 1 aliphatic carbocycles. The summed E-state index contributed by atoms with van der Waals surface area (Å²) in [5, 5.41) is 37.0. The maximum absolute atomic E-state index is 13.1. The lowest BCUT2D eigenvalue weighted by atomic mass is 9.69. The molecule has 1 aromatic heterocycles. The highest BCUT2D eigenvalue weighted by atomic mass is 16.5. The molecule has 190 valence electrons. The minimum Gasteiger partial charge on any atom is -0.495 e. The van der Waals surface area contributed by atoms with E-state index >= 15 is 0 Å². The van der Waals surface area contributed by atoms with E-state index in [9.17, 15) is 15.5 Å². The van der Waals surface area contributed by atoms with Gasteiger partial charge in [-0.2, -0.15) is 5.26 Å². The molecule has 8 heteroatoms. The summed E-state index contributed by atoms with van der Waals surface area (Å²) in [5.41, 5.74) is -0.197. The van der Waals surface area contributed by atoms with Crippen LogP contribution < -0.4 is 14.8 Å². The first-order valence-electron chi connectivity index (χ1n) is 12.5. The summed E-state index contributed by atoms with van der Waals surface area (Å²) in [6.45, 7) is 1.50. The standard InChI is InChI=1S/C29H29N3O5/c1-35-24-13-31-14-25-27(24)28(34)23(12-32-21-16-36-17-21)22(15-33)26(19-5-3-2-4-6-19)29(28,37-25)20-9-7-18(11-30)8-10-20/h2-10,13-14,21-23,26,32-34H,12,15-17H2,1H3/t22-,23-,26+,28+,29-/m0/s1. The van der Waals surface area contributed by atoms with Gasteiger partial charge in [0.2, 0.25) is 0 Å². The molecule has 3 N–H and O–H groups in total. The van der Waals surface area contributed by atoms with Crippen LogP contribution in [-0.2, 0) is 15.9 Å². The summed E-state index contributed by atoms with van der Waals surface area (Å²) in [6.07, 6.45) is 3.20. The lowest BCUT2D eigenvalue weighted by Crippen LogP contribution is -2.54. The third-order valence-electron chi connectivity index (χ3n) is 8.31. The summed E-state index contributed by atoms with van der Waals surface area (Å²) in [5.74, 6) is -0.351. The van der Waals surface area contributed by atoms with Crippen LogP contribution in [0.15, 0.2) is 67.0 Å². The van der Waals surface area contributed by atoms with E-state index in [1.54, 1.807) is 31.6 Å². The molecule has 0 unspecified atom stereocenters. The third kappa shape index (κ3) is 3.32. The topological polar surface area (TPSA) is 117 Å². The molecular formula is C29H29N3O5. The van der Waals surface area contributed by atoms with Gasteiger partial charge in [0.25, 0.3) is 0 Å². The van der Waals surface area contributed by atoms with Crippen LogP contribution in [0.5, 0.6) is 11.5 Å².